The molecule has 0 unspecified atom stereocenters. The summed E-state index contributed by atoms with van der Waals surface area (Å²) in [7, 11) is 0. The molecule has 1 N–H and O–H groups in total. The average Bonchev–Trinajstić information content (AvgIpc) is 3.23. The quantitative estimate of drug-likeness (QED) is 0.601. The number of nitriles is 1. The molecule has 0 saturated heterocycles. The molecule has 4 heteroatoms. The van der Waals surface area contributed by atoms with Crippen molar-refractivity contribution in [2.75, 3.05) is 0 Å². The molecule has 0 bridgehead atoms. The number of fused-ring (bicyclic) bond motifs is 1. The number of aromatic nitrogens is 2. The number of H-pyrrole nitrogens is 1. The summed E-state index contributed by atoms with van der Waals surface area (Å²) in [5, 5.41) is 10.2. The monoisotopic (exact) mass is 313 g/mol. The van der Waals surface area contributed by atoms with Crippen molar-refractivity contribution < 1.29 is 4.42 Å². The van der Waals surface area contributed by atoms with E-state index in [0.29, 0.717) is 12.1 Å². The summed E-state index contributed by atoms with van der Waals surface area (Å²) >= 11 is 0. The highest BCUT2D eigenvalue weighted by molar-refractivity contribution is 5.91. The Labute approximate surface area is 139 Å². The lowest BCUT2D eigenvalue weighted by Gasteiger charge is -2.04. The minimum atomic E-state index is 0.438. The Morgan fingerprint density at radius 1 is 1.21 bits per heavy atom. The number of benzene rings is 1. The summed E-state index contributed by atoms with van der Waals surface area (Å²) in [6.45, 7) is 2.08. The third-order valence-corrected chi connectivity index (χ3v) is 4.15. The van der Waals surface area contributed by atoms with Crippen molar-refractivity contribution in [2.24, 2.45) is 0 Å². The minimum absolute atomic E-state index is 0.438. The predicted molar refractivity (Wildman–Crippen MR) is 92.5 cm³/mol. The SMILES string of the molecule is Cc1ccc2c(Cc3cccc(C#N)n3)c(-c3ccoc3)[nH]c2c1. The zero-order valence-corrected chi connectivity index (χ0v) is 13.2. The van der Waals surface area contributed by atoms with Crippen LogP contribution in [0.15, 0.2) is 59.4 Å². The molecule has 0 amide bonds. The number of hydrogen-bond acceptors (Lipinski definition) is 3. The van der Waals surface area contributed by atoms with Crippen LogP contribution in [-0.4, -0.2) is 9.97 Å². The van der Waals surface area contributed by atoms with Crippen LogP contribution in [0, 0.1) is 18.3 Å². The van der Waals surface area contributed by atoms with Gasteiger partial charge in [-0.15, -0.1) is 0 Å². The number of nitrogens with one attached hydrogen (secondary N) is 1. The van der Waals surface area contributed by atoms with Gasteiger partial charge in [0.1, 0.15) is 11.8 Å². The molecule has 116 valence electrons. The molecule has 4 aromatic rings. The molecule has 3 aromatic heterocycles. The van der Waals surface area contributed by atoms with Gasteiger partial charge in [-0.2, -0.15) is 5.26 Å². The van der Waals surface area contributed by atoms with Crippen molar-refractivity contribution in [3.05, 3.63) is 77.5 Å². The average molecular weight is 313 g/mol. The van der Waals surface area contributed by atoms with Crippen molar-refractivity contribution in [3.63, 3.8) is 0 Å². The topological polar surface area (TPSA) is 65.6 Å². The summed E-state index contributed by atoms with van der Waals surface area (Å²) < 4.78 is 5.25. The lowest BCUT2D eigenvalue weighted by atomic mass is 10.0. The standard InChI is InChI=1S/C20H15N3O/c1-13-5-6-17-18(10-15-3-2-4-16(11-21)22-15)20(23-19(17)9-13)14-7-8-24-12-14/h2-9,12,23H,10H2,1H3. The van der Waals surface area contributed by atoms with Crippen molar-refractivity contribution in [2.45, 2.75) is 13.3 Å². The van der Waals surface area contributed by atoms with Gasteiger partial charge in [-0.3, -0.25) is 0 Å². The maximum atomic E-state index is 9.06. The van der Waals surface area contributed by atoms with Gasteiger partial charge in [-0.1, -0.05) is 18.2 Å². The number of aromatic amines is 1. The molecule has 4 nitrogen and oxygen atoms in total. The van der Waals surface area contributed by atoms with E-state index in [1.54, 1.807) is 18.6 Å². The third kappa shape index (κ3) is 2.46. The fraction of sp³-hybridized carbons (Fsp3) is 0.100. The summed E-state index contributed by atoms with van der Waals surface area (Å²) in [6, 6.07) is 16.0. The molecule has 0 saturated carbocycles. The number of furan rings is 1. The minimum Gasteiger partial charge on any atom is -0.472 e. The van der Waals surface area contributed by atoms with E-state index in [2.05, 4.69) is 41.2 Å². The number of aryl methyl sites for hydroxylation is 1. The van der Waals surface area contributed by atoms with E-state index in [4.69, 9.17) is 9.68 Å². The number of rotatable bonds is 3. The molecule has 24 heavy (non-hydrogen) atoms. The Hall–Kier alpha value is -3.32. The molecular formula is C20H15N3O. The Morgan fingerprint density at radius 2 is 2.12 bits per heavy atom. The van der Waals surface area contributed by atoms with E-state index in [-0.39, 0.29) is 0 Å². The van der Waals surface area contributed by atoms with Crippen molar-refractivity contribution >= 4 is 10.9 Å². The molecule has 4 rings (SSSR count). The molecular weight excluding hydrogens is 298 g/mol. The van der Waals surface area contributed by atoms with Gasteiger partial charge in [0.2, 0.25) is 0 Å². The van der Waals surface area contributed by atoms with Crippen LogP contribution in [0.3, 0.4) is 0 Å². The fourth-order valence-corrected chi connectivity index (χ4v) is 3.03. The van der Waals surface area contributed by atoms with Crippen LogP contribution in [0.25, 0.3) is 22.2 Å². The number of nitrogens with zero attached hydrogens (tertiary/aromatic N) is 2. The smallest absolute Gasteiger partial charge is 0.140 e. The van der Waals surface area contributed by atoms with E-state index in [1.165, 1.54) is 10.9 Å². The van der Waals surface area contributed by atoms with Gasteiger partial charge in [-0.25, -0.2) is 4.98 Å². The molecule has 3 heterocycles. The van der Waals surface area contributed by atoms with Gasteiger partial charge >= 0.3 is 0 Å². The maximum absolute atomic E-state index is 9.06. The molecule has 0 radical (unpaired) electrons. The van der Waals surface area contributed by atoms with Crippen molar-refractivity contribution in [1.82, 2.24) is 9.97 Å². The predicted octanol–water partition coefficient (Wildman–Crippen LogP) is 4.59. The van der Waals surface area contributed by atoms with Gasteiger partial charge in [0.15, 0.2) is 0 Å². The zero-order chi connectivity index (χ0) is 16.5. The van der Waals surface area contributed by atoms with Gasteiger partial charge in [0, 0.05) is 28.6 Å². The van der Waals surface area contributed by atoms with Crippen LogP contribution >= 0.6 is 0 Å². The second-order valence-electron chi connectivity index (χ2n) is 5.84. The summed E-state index contributed by atoms with van der Waals surface area (Å²) in [4.78, 5) is 7.92. The van der Waals surface area contributed by atoms with Gasteiger partial charge in [0.25, 0.3) is 0 Å². The highest BCUT2D eigenvalue weighted by Gasteiger charge is 2.15. The van der Waals surface area contributed by atoms with Gasteiger partial charge in [-0.05, 0) is 42.3 Å². The number of hydrogen-bond donors (Lipinski definition) is 1. The molecule has 0 aliphatic heterocycles. The normalized spacial score (nSPS) is 10.8. The molecule has 1 aromatic carbocycles. The van der Waals surface area contributed by atoms with Gasteiger partial charge in [0.05, 0.1) is 18.2 Å². The van der Waals surface area contributed by atoms with Crippen molar-refractivity contribution in [1.29, 1.82) is 5.26 Å². The molecule has 0 aliphatic carbocycles. The van der Waals surface area contributed by atoms with Gasteiger partial charge < -0.3 is 9.40 Å². The van der Waals surface area contributed by atoms with Crippen molar-refractivity contribution in [3.8, 4) is 17.3 Å². The summed E-state index contributed by atoms with van der Waals surface area (Å²) in [5.74, 6) is 0. The fourth-order valence-electron chi connectivity index (χ4n) is 3.03. The van der Waals surface area contributed by atoms with E-state index >= 15 is 0 Å². The van der Waals surface area contributed by atoms with Crippen LogP contribution < -0.4 is 0 Å². The molecule has 0 fully saturated rings. The van der Waals surface area contributed by atoms with E-state index in [0.717, 1.165) is 28.0 Å². The second kappa shape index (κ2) is 5.71. The second-order valence-corrected chi connectivity index (χ2v) is 5.84. The Balaban J connectivity index is 1.89. The van der Waals surface area contributed by atoms with Crippen LogP contribution in [0.1, 0.15) is 22.5 Å². The Bertz CT molecular complexity index is 1050. The highest BCUT2D eigenvalue weighted by atomic mass is 16.3. The Kier molecular flexibility index (Phi) is 3.40. The van der Waals surface area contributed by atoms with E-state index in [1.807, 2.05) is 18.2 Å². The molecule has 0 spiro atoms. The lowest BCUT2D eigenvalue weighted by molar-refractivity contribution is 0.568. The maximum Gasteiger partial charge on any atom is 0.140 e. The molecule has 0 atom stereocenters. The lowest BCUT2D eigenvalue weighted by Crippen LogP contribution is -1.95. The van der Waals surface area contributed by atoms with Crippen LogP contribution in [0.4, 0.5) is 0 Å². The third-order valence-electron chi connectivity index (χ3n) is 4.15. The first-order chi connectivity index (χ1) is 11.7. The first kappa shape index (κ1) is 14.3. The molecule has 0 aliphatic rings. The first-order valence-electron chi connectivity index (χ1n) is 7.74. The largest absolute Gasteiger partial charge is 0.472 e. The van der Waals surface area contributed by atoms with Crippen LogP contribution in [-0.2, 0) is 6.42 Å². The first-order valence-corrected chi connectivity index (χ1v) is 7.74. The zero-order valence-electron chi connectivity index (χ0n) is 13.2. The van der Waals surface area contributed by atoms with E-state index in [9.17, 15) is 0 Å². The summed E-state index contributed by atoms with van der Waals surface area (Å²) in [6.07, 6.45) is 4.06. The van der Waals surface area contributed by atoms with Crippen LogP contribution in [0.5, 0.6) is 0 Å². The highest BCUT2D eigenvalue weighted by Crippen LogP contribution is 2.32. The summed E-state index contributed by atoms with van der Waals surface area (Å²) in [5.41, 5.74) is 6.82. The Morgan fingerprint density at radius 3 is 2.92 bits per heavy atom. The number of pyridine rings is 1. The van der Waals surface area contributed by atoms with Crippen LogP contribution in [0.2, 0.25) is 0 Å². The van der Waals surface area contributed by atoms with E-state index < -0.39 is 0 Å².